The van der Waals surface area contributed by atoms with Crippen molar-refractivity contribution in [3.8, 4) is 0 Å². The van der Waals surface area contributed by atoms with Gasteiger partial charge in [0.1, 0.15) is 0 Å². The second-order valence-electron chi connectivity index (χ2n) is 6.39. The monoisotopic (exact) mass is 268 g/mol. The van der Waals surface area contributed by atoms with Crippen molar-refractivity contribution in [3.05, 3.63) is 0 Å². The standard InChI is InChI=1S/C14H24N2O3/c1-14(2,9-12(17)18)13(19)16-8-7-15-6-4-3-5-11(15)10-16/h11H,3-10H2,1-2H3,(H,17,18). The third kappa shape index (κ3) is 3.26. The number of rotatable bonds is 3. The molecule has 2 aliphatic rings. The molecule has 19 heavy (non-hydrogen) atoms. The van der Waals surface area contributed by atoms with Crippen LogP contribution in [0.1, 0.15) is 39.5 Å². The number of carbonyl (C=O) groups is 2. The van der Waals surface area contributed by atoms with Crippen molar-refractivity contribution >= 4 is 11.9 Å². The summed E-state index contributed by atoms with van der Waals surface area (Å²) in [7, 11) is 0. The van der Waals surface area contributed by atoms with E-state index in [0.717, 1.165) is 32.6 Å². The van der Waals surface area contributed by atoms with E-state index in [1.54, 1.807) is 13.8 Å². The van der Waals surface area contributed by atoms with Gasteiger partial charge in [-0.25, -0.2) is 0 Å². The number of amides is 1. The Kier molecular flexibility index (Phi) is 4.13. The molecule has 5 heteroatoms. The van der Waals surface area contributed by atoms with Gasteiger partial charge in [0.25, 0.3) is 0 Å². The fourth-order valence-electron chi connectivity index (χ4n) is 3.22. The molecule has 0 aliphatic carbocycles. The number of carbonyl (C=O) groups excluding carboxylic acids is 1. The molecule has 1 unspecified atom stereocenters. The Balaban J connectivity index is 1.98. The summed E-state index contributed by atoms with van der Waals surface area (Å²) >= 11 is 0. The molecule has 0 spiro atoms. The van der Waals surface area contributed by atoms with E-state index in [0.29, 0.717) is 6.04 Å². The summed E-state index contributed by atoms with van der Waals surface area (Å²) in [6.45, 7) is 7.04. The molecular weight excluding hydrogens is 244 g/mol. The number of carboxylic acids is 1. The lowest BCUT2D eigenvalue weighted by Crippen LogP contribution is -2.58. The summed E-state index contributed by atoms with van der Waals surface area (Å²) in [5, 5.41) is 8.90. The minimum Gasteiger partial charge on any atom is -0.481 e. The zero-order valence-electron chi connectivity index (χ0n) is 11.9. The van der Waals surface area contributed by atoms with Crippen LogP contribution < -0.4 is 0 Å². The number of fused-ring (bicyclic) bond motifs is 1. The van der Waals surface area contributed by atoms with E-state index in [9.17, 15) is 9.59 Å². The summed E-state index contributed by atoms with van der Waals surface area (Å²) in [6.07, 6.45) is 3.55. The van der Waals surface area contributed by atoms with E-state index in [1.165, 1.54) is 12.8 Å². The minimum atomic E-state index is -0.908. The maximum atomic E-state index is 12.5. The molecule has 2 aliphatic heterocycles. The zero-order chi connectivity index (χ0) is 14.0. The highest BCUT2D eigenvalue weighted by Gasteiger charge is 2.38. The predicted octanol–water partition coefficient (Wildman–Crippen LogP) is 1.18. The molecule has 108 valence electrons. The molecule has 1 amide bonds. The van der Waals surface area contributed by atoms with Gasteiger partial charge in [-0.15, -0.1) is 0 Å². The number of nitrogens with zero attached hydrogens (tertiary/aromatic N) is 2. The topological polar surface area (TPSA) is 60.9 Å². The maximum absolute atomic E-state index is 12.5. The Bertz CT molecular complexity index is 368. The summed E-state index contributed by atoms with van der Waals surface area (Å²) < 4.78 is 0. The number of aliphatic carboxylic acids is 1. The van der Waals surface area contributed by atoms with Crippen molar-refractivity contribution < 1.29 is 14.7 Å². The average Bonchev–Trinajstić information content (AvgIpc) is 2.35. The van der Waals surface area contributed by atoms with Gasteiger partial charge in [0.05, 0.1) is 11.8 Å². The highest BCUT2D eigenvalue weighted by atomic mass is 16.4. The molecule has 0 radical (unpaired) electrons. The smallest absolute Gasteiger partial charge is 0.304 e. The van der Waals surface area contributed by atoms with Gasteiger partial charge >= 0.3 is 5.97 Å². The van der Waals surface area contributed by atoms with E-state index in [1.807, 2.05) is 4.90 Å². The Morgan fingerprint density at radius 1 is 1.21 bits per heavy atom. The summed E-state index contributed by atoms with van der Waals surface area (Å²) in [5.74, 6) is -0.922. The number of hydrogen-bond donors (Lipinski definition) is 1. The SMILES string of the molecule is CC(C)(CC(=O)O)C(=O)N1CCN2CCCCC2C1. The molecule has 0 aromatic rings. The lowest BCUT2D eigenvalue weighted by atomic mass is 9.86. The van der Waals surface area contributed by atoms with Crippen molar-refractivity contribution in [2.45, 2.75) is 45.6 Å². The van der Waals surface area contributed by atoms with Gasteiger partial charge in [-0.2, -0.15) is 0 Å². The highest BCUT2D eigenvalue weighted by Crippen LogP contribution is 2.27. The Hall–Kier alpha value is -1.10. The zero-order valence-corrected chi connectivity index (χ0v) is 11.9. The fraction of sp³-hybridized carbons (Fsp3) is 0.857. The van der Waals surface area contributed by atoms with Crippen LogP contribution in [-0.4, -0.2) is 59.0 Å². The summed E-state index contributed by atoms with van der Waals surface area (Å²) in [5.41, 5.74) is -0.803. The molecule has 2 saturated heterocycles. The third-order valence-electron chi connectivity index (χ3n) is 4.30. The van der Waals surface area contributed by atoms with E-state index in [2.05, 4.69) is 4.90 Å². The third-order valence-corrected chi connectivity index (χ3v) is 4.30. The van der Waals surface area contributed by atoms with E-state index in [4.69, 9.17) is 5.11 Å². The number of carboxylic acid groups (broad SMARTS) is 1. The maximum Gasteiger partial charge on any atom is 0.304 e. The molecule has 0 aromatic carbocycles. The number of piperidine rings is 1. The van der Waals surface area contributed by atoms with Gasteiger partial charge in [-0.3, -0.25) is 14.5 Å². The second kappa shape index (κ2) is 5.49. The molecule has 1 atom stereocenters. The fourth-order valence-corrected chi connectivity index (χ4v) is 3.22. The summed E-state index contributed by atoms with van der Waals surface area (Å²) in [4.78, 5) is 27.7. The van der Waals surface area contributed by atoms with Gasteiger partial charge in [-0.05, 0) is 19.4 Å². The second-order valence-corrected chi connectivity index (χ2v) is 6.39. The van der Waals surface area contributed by atoms with Crippen LogP contribution in [-0.2, 0) is 9.59 Å². The first-order valence-corrected chi connectivity index (χ1v) is 7.15. The van der Waals surface area contributed by atoms with Gasteiger partial charge in [-0.1, -0.05) is 20.3 Å². The van der Waals surface area contributed by atoms with Crippen molar-refractivity contribution in [3.63, 3.8) is 0 Å². The van der Waals surface area contributed by atoms with Crippen LogP contribution in [0.25, 0.3) is 0 Å². The first-order chi connectivity index (χ1) is 8.90. The molecule has 0 bridgehead atoms. The van der Waals surface area contributed by atoms with E-state index in [-0.39, 0.29) is 12.3 Å². The van der Waals surface area contributed by atoms with Crippen LogP contribution in [0, 0.1) is 5.41 Å². The molecular formula is C14H24N2O3. The van der Waals surface area contributed by atoms with Gasteiger partial charge in [0.15, 0.2) is 0 Å². The van der Waals surface area contributed by atoms with Gasteiger partial charge < -0.3 is 10.0 Å². The largest absolute Gasteiger partial charge is 0.481 e. The van der Waals surface area contributed by atoms with Crippen LogP contribution >= 0.6 is 0 Å². The van der Waals surface area contributed by atoms with Crippen LogP contribution in [0.4, 0.5) is 0 Å². The number of piperazine rings is 1. The normalized spacial score (nSPS) is 24.9. The van der Waals surface area contributed by atoms with Crippen LogP contribution in [0.2, 0.25) is 0 Å². The Morgan fingerprint density at radius 2 is 1.95 bits per heavy atom. The number of hydrogen-bond acceptors (Lipinski definition) is 3. The Morgan fingerprint density at radius 3 is 2.63 bits per heavy atom. The molecule has 0 saturated carbocycles. The highest BCUT2D eigenvalue weighted by molar-refractivity contribution is 5.86. The van der Waals surface area contributed by atoms with Crippen molar-refractivity contribution in [1.82, 2.24) is 9.80 Å². The van der Waals surface area contributed by atoms with Crippen LogP contribution in [0.5, 0.6) is 0 Å². The van der Waals surface area contributed by atoms with Crippen LogP contribution in [0.15, 0.2) is 0 Å². The first-order valence-electron chi connectivity index (χ1n) is 7.15. The first kappa shape index (κ1) is 14.3. The molecule has 2 heterocycles. The van der Waals surface area contributed by atoms with Crippen molar-refractivity contribution in [2.75, 3.05) is 26.2 Å². The minimum absolute atomic E-state index is 0.0138. The van der Waals surface area contributed by atoms with Gasteiger partial charge in [0.2, 0.25) is 5.91 Å². The predicted molar refractivity (Wildman–Crippen MR) is 71.8 cm³/mol. The van der Waals surface area contributed by atoms with E-state index >= 15 is 0 Å². The quantitative estimate of drug-likeness (QED) is 0.835. The van der Waals surface area contributed by atoms with Crippen LogP contribution in [0.3, 0.4) is 0 Å². The Labute approximate surface area is 114 Å². The average molecular weight is 268 g/mol. The van der Waals surface area contributed by atoms with Gasteiger partial charge in [0, 0.05) is 25.7 Å². The molecule has 1 N–H and O–H groups in total. The molecule has 2 rings (SSSR count). The van der Waals surface area contributed by atoms with E-state index < -0.39 is 11.4 Å². The molecule has 2 fully saturated rings. The molecule has 5 nitrogen and oxygen atoms in total. The lowest BCUT2D eigenvalue weighted by Gasteiger charge is -2.45. The summed E-state index contributed by atoms with van der Waals surface area (Å²) in [6, 6.07) is 0.479. The van der Waals surface area contributed by atoms with Crippen molar-refractivity contribution in [2.24, 2.45) is 5.41 Å². The lowest BCUT2D eigenvalue weighted by molar-refractivity contribution is -0.151. The van der Waals surface area contributed by atoms with Crippen molar-refractivity contribution in [1.29, 1.82) is 0 Å². The molecule has 0 aromatic heterocycles.